The summed E-state index contributed by atoms with van der Waals surface area (Å²) in [6, 6.07) is 18.4. The first-order valence-electron chi connectivity index (χ1n) is 9.39. The number of nitrogens with one attached hydrogen (secondary N) is 2. The van der Waals surface area contributed by atoms with Crippen molar-refractivity contribution >= 4 is 23.4 Å². The molecule has 0 atom stereocenters. The Hall–Kier alpha value is -3.67. The molecule has 2 N–H and O–H groups in total. The van der Waals surface area contributed by atoms with Gasteiger partial charge in [0.05, 0.1) is 17.7 Å². The summed E-state index contributed by atoms with van der Waals surface area (Å²) < 4.78 is 4.97. The molecule has 1 amide bonds. The van der Waals surface area contributed by atoms with Crippen molar-refractivity contribution in [3.63, 3.8) is 0 Å². The minimum absolute atomic E-state index is 0.177. The molecule has 2 aromatic carbocycles. The zero-order valence-corrected chi connectivity index (χ0v) is 16.4. The lowest BCUT2D eigenvalue weighted by atomic mass is 10.1. The summed E-state index contributed by atoms with van der Waals surface area (Å²) in [4.78, 5) is 28.3. The van der Waals surface area contributed by atoms with Gasteiger partial charge in [0, 0.05) is 18.4 Å². The molecule has 0 radical (unpaired) electrons. The van der Waals surface area contributed by atoms with E-state index >= 15 is 0 Å². The number of anilines is 2. The highest BCUT2D eigenvalue weighted by atomic mass is 16.5. The average Bonchev–Trinajstić information content (AvgIpc) is 2.73. The molecule has 0 aliphatic carbocycles. The molecular formula is C23H23N3O3. The van der Waals surface area contributed by atoms with Crippen molar-refractivity contribution in [2.75, 3.05) is 11.9 Å². The van der Waals surface area contributed by atoms with Crippen LogP contribution in [0.1, 0.15) is 38.8 Å². The van der Waals surface area contributed by atoms with E-state index in [-0.39, 0.29) is 11.9 Å². The van der Waals surface area contributed by atoms with Gasteiger partial charge in [0.1, 0.15) is 5.82 Å². The van der Waals surface area contributed by atoms with Gasteiger partial charge in [0.2, 0.25) is 0 Å². The quantitative estimate of drug-likeness (QED) is 0.591. The topological polar surface area (TPSA) is 80.3 Å². The number of pyridine rings is 1. The monoisotopic (exact) mass is 389 g/mol. The molecule has 0 spiro atoms. The minimum Gasteiger partial charge on any atom is -0.462 e. The number of aryl methyl sites for hydroxylation is 1. The lowest BCUT2D eigenvalue weighted by Gasteiger charge is -2.09. The molecule has 29 heavy (non-hydrogen) atoms. The van der Waals surface area contributed by atoms with Gasteiger partial charge in [0.15, 0.2) is 0 Å². The third-order valence-corrected chi connectivity index (χ3v) is 4.23. The van der Waals surface area contributed by atoms with Crippen molar-refractivity contribution < 1.29 is 14.3 Å². The van der Waals surface area contributed by atoms with Crippen molar-refractivity contribution in [2.24, 2.45) is 0 Å². The predicted octanol–water partition coefficient (Wildman–Crippen LogP) is 4.24. The zero-order valence-electron chi connectivity index (χ0n) is 16.4. The number of hydrogen-bond acceptors (Lipinski definition) is 5. The Bertz CT molecular complexity index is 983. The first kappa shape index (κ1) is 20.1. The third kappa shape index (κ3) is 5.65. The van der Waals surface area contributed by atoms with Crippen LogP contribution >= 0.6 is 0 Å². The van der Waals surface area contributed by atoms with Gasteiger partial charge in [0.25, 0.3) is 5.91 Å². The van der Waals surface area contributed by atoms with Crippen molar-refractivity contribution in [3.05, 3.63) is 89.1 Å². The molecule has 0 bridgehead atoms. The number of carbonyl (C=O) groups is 2. The molecule has 0 aliphatic heterocycles. The summed E-state index contributed by atoms with van der Waals surface area (Å²) in [6.45, 7) is 4.60. The van der Waals surface area contributed by atoms with Crippen LogP contribution in [0.15, 0.2) is 66.9 Å². The van der Waals surface area contributed by atoms with Gasteiger partial charge in [-0.1, -0.05) is 29.8 Å². The van der Waals surface area contributed by atoms with E-state index in [1.807, 2.05) is 31.2 Å². The lowest BCUT2D eigenvalue weighted by molar-refractivity contribution is 0.0526. The normalized spacial score (nSPS) is 10.3. The van der Waals surface area contributed by atoms with Crippen LogP contribution in [-0.4, -0.2) is 23.5 Å². The second-order valence-corrected chi connectivity index (χ2v) is 6.53. The Morgan fingerprint density at radius 3 is 2.41 bits per heavy atom. The SMILES string of the molecule is CCOC(=O)c1ccc(Nc2ccc(C(=O)NCc3cccc(C)c3)cn2)cc1. The molecule has 3 aromatic rings. The van der Waals surface area contributed by atoms with Gasteiger partial charge in [-0.15, -0.1) is 0 Å². The molecule has 148 valence electrons. The standard InChI is InChI=1S/C23H23N3O3/c1-3-29-23(28)18-7-10-20(11-8-18)26-21-12-9-19(15-24-21)22(27)25-14-17-6-4-5-16(2)13-17/h4-13,15H,3,14H2,1-2H3,(H,24,26)(H,25,27). The zero-order chi connectivity index (χ0) is 20.6. The highest BCUT2D eigenvalue weighted by Crippen LogP contribution is 2.16. The van der Waals surface area contributed by atoms with E-state index in [1.165, 1.54) is 6.20 Å². The van der Waals surface area contributed by atoms with E-state index in [4.69, 9.17) is 4.74 Å². The summed E-state index contributed by atoms with van der Waals surface area (Å²) >= 11 is 0. The molecule has 1 aromatic heterocycles. The van der Waals surface area contributed by atoms with Gasteiger partial charge in [-0.3, -0.25) is 4.79 Å². The van der Waals surface area contributed by atoms with Gasteiger partial charge >= 0.3 is 5.97 Å². The Balaban J connectivity index is 1.56. The maximum atomic E-state index is 12.3. The van der Waals surface area contributed by atoms with E-state index in [1.54, 1.807) is 43.3 Å². The van der Waals surface area contributed by atoms with Crippen molar-refractivity contribution in [3.8, 4) is 0 Å². The van der Waals surface area contributed by atoms with Crippen LogP contribution in [-0.2, 0) is 11.3 Å². The summed E-state index contributed by atoms with van der Waals surface area (Å²) in [6.07, 6.45) is 1.53. The number of aromatic nitrogens is 1. The van der Waals surface area contributed by atoms with Gasteiger partial charge < -0.3 is 15.4 Å². The number of hydrogen-bond donors (Lipinski definition) is 2. The second-order valence-electron chi connectivity index (χ2n) is 6.53. The van der Waals surface area contributed by atoms with E-state index in [2.05, 4.69) is 15.6 Å². The Labute approximate surface area is 169 Å². The van der Waals surface area contributed by atoms with Crippen LogP contribution < -0.4 is 10.6 Å². The number of rotatable bonds is 7. The fourth-order valence-electron chi connectivity index (χ4n) is 2.76. The summed E-state index contributed by atoms with van der Waals surface area (Å²) in [5.41, 5.74) is 3.97. The fourth-order valence-corrected chi connectivity index (χ4v) is 2.76. The summed E-state index contributed by atoms with van der Waals surface area (Å²) in [5.74, 6) is 0.0756. The largest absolute Gasteiger partial charge is 0.462 e. The molecule has 0 aliphatic rings. The maximum absolute atomic E-state index is 12.3. The number of carbonyl (C=O) groups excluding carboxylic acids is 2. The molecular weight excluding hydrogens is 366 g/mol. The third-order valence-electron chi connectivity index (χ3n) is 4.23. The molecule has 6 nitrogen and oxygen atoms in total. The molecule has 0 fully saturated rings. The summed E-state index contributed by atoms with van der Waals surface area (Å²) in [7, 11) is 0. The number of ether oxygens (including phenoxy) is 1. The van der Waals surface area contributed by atoms with Gasteiger partial charge in [-0.05, 0) is 55.8 Å². The molecule has 0 saturated carbocycles. The van der Waals surface area contributed by atoms with Crippen LogP contribution in [0.4, 0.5) is 11.5 Å². The van der Waals surface area contributed by atoms with Crippen LogP contribution in [0.25, 0.3) is 0 Å². The second kappa shape index (κ2) is 9.50. The van der Waals surface area contributed by atoms with Crippen LogP contribution in [0, 0.1) is 6.92 Å². The molecule has 1 heterocycles. The van der Waals surface area contributed by atoms with Crippen LogP contribution in [0.5, 0.6) is 0 Å². The van der Waals surface area contributed by atoms with Crippen molar-refractivity contribution in [1.82, 2.24) is 10.3 Å². The van der Waals surface area contributed by atoms with E-state index in [0.29, 0.717) is 30.1 Å². The lowest BCUT2D eigenvalue weighted by Crippen LogP contribution is -2.22. The average molecular weight is 389 g/mol. The maximum Gasteiger partial charge on any atom is 0.338 e. The molecule has 3 rings (SSSR count). The Morgan fingerprint density at radius 1 is 1.00 bits per heavy atom. The highest BCUT2D eigenvalue weighted by Gasteiger charge is 2.08. The first-order valence-corrected chi connectivity index (χ1v) is 9.39. The minimum atomic E-state index is -0.349. The smallest absolute Gasteiger partial charge is 0.338 e. The molecule has 6 heteroatoms. The number of benzene rings is 2. The van der Waals surface area contributed by atoms with E-state index in [9.17, 15) is 9.59 Å². The van der Waals surface area contributed by atoms with E-state index < -0.39 is 0 Å². The van der Waals surface area contributed by atoms with Gasteiger partial charge in [-0.25, -0.2) is 9.78 Å². The molecule has 0 saturated heterocycles. The number of esters is 1. The number of amides is 1. The summed E-state index contributed by atoms with van der Waals surface area (Å²) in [5, 5.41) is 6.03. The Kier molecular flexibility index (Phi) is 6.58. The Morgan fingerprint density at radius 2 is 1.76 bits per heavy atom. The first-order chi connectivity index (χ1) is 14.0. The predicted molar refractivity (Wildman–Crippen MR) is 112 cm³/mol. The highest BCUT2D eigenvalue weighted by molar-refractivity contribution is 5.94. The van der Waals surface area contributed by atoms with E-state index in [0.717, 1.165) is 16.8 Å². The fraction of sp³-hybridized carbons (Fsp3) is 0.174. The number of nitrogens with zero attached hydrogens (tertiary/aromatic N) is 1. The van der Waals surface area contributed by atoms with Crippen molar-refractivity contribution in [2.45, 2.75) is 20.4 Å². The van der Waals surface area contributed by atoms with Crippen LogP contribution in [0.2, 0.25) is 0 Å². The molecule has 0 unspecified atom stereocenters. The van der Waals surface area contributed by atoms with Crippen molar-refractivity contribution in [1.29, 1.82) is 0 Å². The van der Waals surface area contributed by atoms with Crippen LogP contribution in [0.3, 0.4) is 0 Å². The van der Waals surface area contributed by atoms with Gasteiger partial charge in [-0.2, -0.15) is 0 Å².